The summed E-state index contributed by atoms with van der Waals surface area (Å²) in [4.78, 5) is 2.38. The van der Waals surface area contributed by atoms with Crippen LogP contribution in [0.25, 0.3) is 0 Å². The van der Waals surface area contributed by atoms with E-state index >= 15 is 0 Å². The molecule has 110 valence electrons. The van der Waals surface area contributed by atoms with Gasteiger partial charge in [0.15, 0.2) is 11.5 Å². The molecule has 0 amide bonds. The van der Waals surface area contributed by atoms with Crippen molar-refractivity contribution in [3.63, 3.8) is 0 Å². The van der Waals surface area contributed by atoms with Gasteiger partial charge < -0.3 is 15.2 Å². The van der Waals surface area contributed by atoms with E-state index in [4.69, 9.17) is 15.2 Å². The average Bonchev–Trinajstić information content (AvgIpc) is 2.43. The molecule has 2 N–H and O–H groups in total. The molecule has 1 aliphatic carbocycles. The van der Waals surface area contributed by atoms with E-state index in [1.807, 2.05) is 6.07 Å². The monoisotopic (exact) mass is 276 g/mol. The van der Waals surface area contributed by atoms with Crippen molar-refractivity contribution in [2.75, 3.05) is 33.4 Å². The van der Waals surface area contributed by atoms with E-state index in [0.717, 1.165) is 24.0 Å². The number of nitrogens with zero attached hydrogens (tertiary/aromatic N) is 1. The first-order valence-electron chi connectivity index (χ1n) is 7.58. The van der Waals surface area contributed by atoms with Gasteiger partial charge >= 0.3 is 0 Å². The van der Waals surface area contributed by atoms with E-state index < -0.39 is 0 Å². The fourth-order valence-corrected chi connectivity index (χ4v) is 3.05. The number of rotatable bonds is 5. The Balaban J connectivity index is 1.74. The zero-order valence-electron chi connectivity index (χ0n) is 12.2. The summed E-state index contributed by atoms with van der Waals surface area (Å²) in [5.41, 5.74) is 7.22. The summed E-state index contributed by atoms with van der Waals surface area (Å²) in [6.07, 6.45) is 4.11. The van der Waals surface area contributed by atoms with Crippen molar-refractivity contribution in [1.29, 1.82) is 0 Å². The summed E-state index contributed by atoms with van der Waals surface area (Å²) >= 11 is 0. The van der Waals surface area contributed by atoms with Crippen LogP contribution in [-0.2, 0) is 0 Å². The quantitative estimate of drug-likeness (QED) is 0.895. The van der Waals surface area contributed by atoms with Crippen LogP contribution in [0.2, 0.25) is 0 Å². The van der Waals surface area contributed by atoms with Crippen LogP contribution in [0.15, 0.2) is 18.2 Å². The van der Waals surface area contributed by atoms with Gasteiger partial charge in [0.25, 0.3) is 0 Å². The number of hydrogen-bond acceptors (Lipinski definition) is 4. The molecule has 0 radical (unpaired) electrons. The van der Waals surface area contributed by atoms with Crippen LogP contribution in [0.5, 0.6) is 11.5 Å². The highest BCUT2D eigenvalue weighted by Gasteiger charge is 2.24. The molecule has 1 saturated carbocycles. The second kappa shape index (κ2) is 6.02. The molecule has 2 aliphatic rings. The van der Waals surface area contributed by atoms with Gasteiger partial charge in [-0.05, 0) is 43.5 Å². The third kappa shape index (κ3) is 2.76. The zero-order valence-corrected chi connectivity index (χ0v) is 12.2. The molecule has 1 aromatic carbocycles. The van der Waals surface area contributed by atoms with Crippen LogP contribution in [0.3, 0.4) is 0 Å². The highest BCUT2D eigenvalue weighted by Crippen LogP contribution is 2.35. The number of ether oxygens (including phenoxy) is 2. The fraction of sp³-hybridized carbons (Fsp3) is 0.625. The molecule has 20 heavy (non-hydrogen) atoms. The van der Waals surface area contributed by atoms with Crippen molar-refractivity contribution in [3.8, 4) is 11.5 Å². The SMILES string of the molecule is CN(CC1CCC1)C(CN)c1ccc2c(c1)OCCO2. The van der Waals surface area contributed by atoms with Crippen LogP contribution in [0.1, 0.15) is 30.9 Å². The molecular formula is C16H24N2O2. The molecule has 0 spiro atoms. The van der Waals surface area contributed by atoms with Crippen LogP contribution >= 0.6 is 0 Å². The third-order valence-electron chi connectivity index (χ3n) is 4.48. The smallest absolute Gasteiger partial charge is 0.161 e. The van der Waals surface area contributed by atoms with Crippen LogP contribution < -0.4 is 15.2 Å². The largest absolute Gasteiger partial charge is 0.486 e. The van der Waals surface area contributed by atoms with Gasteiger partial charge in [-0.25, -0.2) is 0 Å². The Hall–Kier alpha value is -1.26. The number of hydrogen-bond donors (Lipinski definition) is 1. The molecule has 1 heterocycles. The number of benzene rings is 1. The Kier molecular flexibility index (Phi) is 4.13. The Morgan fingerprint density at radius 3 is 2.65 bits per heavy atom. The summed E-state index contributed by atoms with van der Waals surface area (Å²) in [7, 11) is 2.17. The van der Waals surface area contributed by atoms with Crippen molar-refractivity contribution in [2.24, 2.45) is 11.7 Å². The lowest BCUT2D eigenvalue weighted by atomic mass is 9.84. The van der Waals surface area contributed by atoms with Gasteiger partial charge in [0.2, 0.25) is 0 Å². The maximum Gasteiger partial charge on any atom is 0.161 e. The summed E-state index contributed by atoms with van der Waals surface area (Å²) < 4.78 is 11.2. The summed E-state index contributed by atoms with van der Waals surface area (Å²) in [5.74, 6) is 2.55. The number of fused-ring (bicyclic) bond motifs is 1. The molecule has 0 saturated heterocycles. The molecule has 1 atom stereocenters. The molecule has 4 nitrogen and oxygen atoms in total. The van der Waals surface area contributed by atoms with E-state index in [2.05, 4.69) is 24.1 Å². The number of nitrogens with two attached hydrogens (primary N) is 1. The first-order valence-corrected chi connectivity index (χ1v) is 7.58. The molecule has 0 aromatic heterocycles. The summed E-state index contributed by atoms with van der Waals surface area (Å²) in [6, 6.07) is 6.46. The first kappa shape index (κ1) is 13.7. The molecule has 1 fully saturated rings. The first-order chi connectivity index (χ1) is 9.78. The van der Waals surface area contributed by atoms with Crippen LogP contribution in [-0.4, -0.2) is 38.3 Å². The predicted molar refractivity (Wildman–Crippen MR) is 79.2 cm³/mol. The normalized spacial score (nSPS) is 19.8. The van der Waals surface area contributed by atoms with Gasteiger partial charge in [-0.3, -0.25) is 4.90 Å². The molecular weight excluding hydrogens is 252 g/mol. The Bertz CT molecular complexity index is 460. The Morgan fingerprint density at radius 2 is 2.00 bits per heavy atom. The molecule has 3 rings (SSSR count). The molecule has 4 heteroatoms. The summed E-state index contributed by atoms with van der Waals surface area (Å²) in [5, 5.41) is 0. The standard InChI is InChI=1S/C16H24N2O2/c1-18(11-12-3-2-4-12)14(10-17)13-5-6-15-16(9-13)20-8-7-19-15/h5-6,9,12,14H,2-4,7-8,10-11,17H2,1H3. The highest BCUT2D eigenvalue weighted by molar-refractivity contribution is 5.44. The Morgan fingerprint density at radius 1 is 1.25 bits per heavy atom. The van der Waals surface area contributed by atoms with Crippen LogP contribution in [0, 0.1) is 5.92 Å². The minimum atomic E-state index is 0.256. The van der Waals surface area contributed by atoms with E-state index in [1.165, 1.54) is 24.8 Å². The molecule has 1 aliphatic heterocycles. The van der Waals surface area contributed by atoms with Crippen molar-refractivity contribution < 1.29 is 9.47 Å². The Labute approximate surface area is 120 Å². The second-order valence-corrected chi connectivity index (χ2v) is 5.89. The van der Waals surface area contributed by atoms with E-state index in [-0.39, 0.29) is 6.04 Å². The lowest BCUT2D eigenvalue weighted by molar-refractivity contribution is 0.160. The van der Waals surface area contributed by atoms with Crippen molar-refractivity contribution in [1.82, 2.24) is 4.90 Å². The lowest BCUT2D eigenvalue weighted by Gasteiger charge is -2.35. The van der Waals surface area contributed by atoms with E-state index in [9.17, 15) is 0 Å². The van der Waals surface area contributed by atoms with Crippen molar-refractivity contribution >= 4 is 0 Å². The third-order valence-corrected chi connectivity index (χ3v) is 4.48. The van der Waals surface area contributed by atoms with Gasteiger partial charge in [0, 0.05) is 19.1 Å². The van der Waals surface area contributed by atoms with Gasteiger partial charge in [0.1, 0.15) is 13.2 Å². The zero-order chi connectivity index (χ0) is 13.9. The molecule has 0 bridgehead atoms. The van der Waals surface area contributed by atoms with Gasteiger partial charge in [-0.2, -0.15) is 0 Å². The average molecular weight is 276 g/mol. The fourth-order valence-electron chi connectivity index (χ4n) is 3.05. The van der Waals surface area contributed by atoms with E-state index in [0.29, 0.717) is 19.8 Å². The van der Waals surface area contributed by atoms with Crippen molar-refractivity contribution in [3.05, 3.63) is 23.8 Å². The summed E-state index contributed by atoms with van der Waals surface area (Å²) in [6.45, 7) is 3.02. The van der Waals surface area contributed by atoms with Gasteiger partial charge in [0.05, 0.1) is 0 Å². The maximum atomic E-state index is 6.00. The van der Waals surface area contributed by atoms with E-state index in [1.54, 1.807) is 0 Å². The van der Waals surface area contributed by atoms with Gasteiger partial charge in [-0.1, -0.05) is 12.5 Å². The predicted octanol–water partition coefficient (Wildman–Crippen LogP) is 2.19. The topological polar surface area (TPSA) is 47.7 Å². The minimum absolute atomic E-state index is 0.256. The molecule has 1 unspecified atom stereocenters. The maximum absolute atomic E-state index is 6.00. The number of likely N-dealkylation sites (N-methyl/N-ethyl adjacent to an activating group) is 1. The second-order valence-electron chi connectivity index (χ2n) is 5.89. The minimum Gasteiger partial charge on any atom is -0.486 e. The highest BCUT2D eigenvalue weighted by atomic mass is 16.6. The van der Waals surface area contributed by atoms with Crippen LogP contribution in [0.4, 0.5) is 0 Å². The molecule has 1 aromatic rings. The van der Waals surface area contributed by atoms with Gasteiger partial charge in [-0.15, -0.1) is 0 Å². The lowest BCUT2D eigenvalue weighted by Crippen LogP contribution is -2.36. The van der Waals surface area contributed by atoms with Crippen molar-refractivity contribution in [2.45, 2.75) is 25.3 Å².